The predicted molar refractivity (Wildman–Crippen MR) is 66.1 cm³/mol. The van der Waals surface area contributed by atoms with Gasteiger partial charge in [-0.2, -0.15) is 0 Å². The van der Waals surface area contributed by atoms with E-state index in [4.69, 9.17) is 4.74 Å². The fourth-order valence-electron chi connectivity index (χ4n) is 1.08. The Bertz CT molecular complexity index is 502. The molecule has 0 saturated carbocycles. The van der Waals surface area contributed by atoms with Gasteiger partial charge in [0.1, 0.15) is 11.6 Å². The summed E-state index contributed by atoms with van der Waals surface area (Å²) in [6.07, 6.45) is 1.62. The highest BCUT2D eigenvalue weighted by Gasteiger charge is 2.03. The van der Waals surface area contributed by atoms with Crippen LogP contribution in [-0.2, 0) is 0 Å². The Kier molecular flexibility index (Phi) is 3.56. The molecule has 0 fully saturated rings. The van der Waals surface area contributed by atoms with Crippen LogP contribution < -0.4 is 4.74 Å². The van der Waals surface area contributed by atoms with Crippen molar-refractivity contribution in [1.29, 1.82) is 0 Å². The summed E-state index contributed by atoms with van der Waals surface area (Å²) in [7, 11) is 0. The summed E-state index contributed by atoms with van der Waals surface area (Å²) < 4.78 is 19.8. The first-order chi connectivity index (χ1) is 7.65. The van der Waals surface area contributed by atoms with Crippen LogP contribution in [0.4, 0.5) is 4.39 Å². The van der Waals surface area contributed by atoms with Crippen LogP contribution in [0.2, 0.25) is 0 Å². The molecule has 0 saturated heterocycles. The standard InChI is InChI=1S/C11H6Br2FNO/c12-7-1-4-11(15-6-7)16-8-2-3-9(13)10(14)5-8/h1-6H. The van der Waals surface area contributed by atoms with Gasteiger partial charge in [-0.3, -0.25) is 0 Å². The van der Waals surface area contributed by atoms with Crippen molar-refractivity contribution in [3.8, 4) is 11.6 Å². The third-order valence-electron chi connectivity index (χ3n) is 1.81. The number of benzene rings is 1. The highest BCUT2D eigenvalue weighted by Crippen LogP contribution is 2.25. The van der Waals surface area contributed by atoms with Crippen molar-refractivity contribution in [2.75, 3.05) is 0 Å². The fraction of sp³-hybridized carbons (Fsp3) is 0. The van der Waals surface area contributed by atoms with Crippen LogP contribution in [0.25, 0.3) is 0 Å². The van der Waals surface area contributed by atoms with E-state index in [2.05, 4.69) is 36.8 Å². The van der Waals surface area contributed by atoms with Crippen LogP contribution in [0.15, 0.2) is 45.5 Å². The molecule has 82 valence electrons. The minimum absolute atomic E-state index is 0.366. The summed E-state index contributed by atoms with van der Waals surface area (Å²) in [4.78, 5) is 4.02. The van der Waals surface area contributed by atoms with Gasteiger partial charge in [-0.1, -0.05) is 0 Å². The van der Waals surface area contributed by atoms with Crippen molar-refractivity contribution in [3.63, 3.8) is 0 Å². The van der Waals surface area contributed by atoms with Gasteiger partial charge in [0.15, 0.2) is 0 Å². The first-order valence-electron chi connectivity index (χ1n) is 4.39. The van der Waals surface area contributed by atoms with Crippen LogP contribution in [0, 0.1) is 5.82 Å². The second-order valence-corrected chi connectivity index (χ2v) is 4.76. The lowest BCUT2D eigenvalue weighted by atomic mass is 10.3. The van der Waals surface area contributed by atoms with Crippen molar-refractivity contribution < 1.29 is 9.13 Å². The molecule has 0 spiro atoms. The first-order valence-corrected chi connectivity index (χ1v) is 5.98. The minimum atomic E-state index is -0.366. The number of rotatable bonds is 2. The molecule has 0 bridgehead atoms. The molecular weight excluding hydrogens is 341 g/mol. The number of ether oxygens (including phenoxy) is 1. The number of halogens is 3. The summed E-state index contributed by atoms with van der Waals surface area (Å²) in [5.74, 6) is 0.468. The zero-order chi connectivity index (χ0) is 11.5. The highest BCUT2D eigenvalue weighted by molar-refractivity contribution is 9.10. The molecule has 2 nitrogen and oxygen atoms in total. The van der Waals surface area contributed by atoms with Crippen molar-refractivity contribution in [2.45, 2.75) is 0 Å². The van der Waals surface area contributed by atoms with Gasteiger partial charge >= 0.3 is 0 Å². The van der Waals surface area contributed by atoms with E-state index >= 15 is 0 Å². The number of pyridine rings is 1. The Morgan fingerprint density at radius 3 is 2.56 bits per heavy atom. The molecule has 0 aliphatic heterocycles. The lowest BCUT2D eigenvalue weighted by Crippen LogP contribution is -1.88. The van der Waals surface area contributed by atoms with E-state index in [-0.39, 0.29) is 5.82 Å². The van der Waals surface area contributed by atoms with Gasteiger partial charge < -0.3 is 4.74 Å². The van der Waals surface area contributed by atoms with E-state index in [1.807, 2.05) is 0 Å². The third kappa shape index (κ3) is 2.80. The van der Waals surface area contributed by atoms with Gasteiger partial charge in [-0.05, 0) is 50.1 Å². The average Bonchev–Trinajstić information content (AvgIpc) is 2.27. The molecule has 0 unspecified atom stereocenters. The smallest absolute Gasteiger partial charge is 0.219 e. The molecule has 2 aromatic rings. The van der Waals surface area contributed by atoms with Gasteiger partial charge in [0, 0.05) is 22.8 Å². The fourth-order valence-corrected chi connectivity index (χ4v) is 1.56. The molecule has 0 aliphatic rings. The molecule has 0 radical (unpaired) electrons. The molecule has 1 heterocycles. The molecule has 0 atom stereocenters. The van der Waals surface area contributed by atoms with Crippen molar-refractivity contribution in [2.24, 2.45) is 0 Å². The molecule has 0 aliphatic carbocycles. The first kappa shape index (κ1) is 11.5. The monoisotopic (exact) mass is 345 g/mol. The van der Waals surface area contributed by atoms with Crippen molar-refractivity contribution in [1.82, 2.24) is 4.98 Å². The van der Waals surface area contributed by atoms with Crippen LogP contribution in [0.3, 0.4) is 0 Å². The Labute approximate surface area is 109 Å². The molecule has 2 rings (SSSR count). The summed E-state index contributed by atoms with van der Waals surface area (Å²) in [6.45, 7) is 0. The minimum Gasteiger partial charge on any atom is -0.439 e. The Hall–Kier alpha value is -0.940. The van der Waals surface area contributed by atoms with E-state index in [1.165, 1.54) is 6.07 Å². The van der Waals surface area contributed by atoms with Crippen LogP contribution >= 0.6 is 31.9 Å². The molecule has 1 aromatic carbocycles. The molecule has 0 N–H and O–H groups in total. The quantitative estimate of drug-likeness (QED) is 0.796. The Morgan fingerprint density at radius 2 is 1.94 bits per heavy atom. The predicted octanol–water partition coefficient (Wildman–Crippen LogP) is 4.54. The van der Waals surface area contributed by atoms with Gasteiger partial charge in [0.2, 0.25) is 5.88 Å². The summed E-state index contributed by atoms with van der Waals surface area (Å²) >= 11 is 6.34. The number of hydrogen-bond donors (Lipinski definition) is 0. The Balaban J connectivity index is 2.20. The van der Waals surface area contributed by atoms with Crippen molar-refractivity contribution >= 4 is 31.9 Å². The molecule has 1 aromatic heterocycles. The molecule has 5 heteroatoms. The maximum absolute atomic E-state index is 13.2. The topological polar surface area (TPSA) is 22.1 Å². The zero-order valence-electron chi connectivity index (χ0n) is 7.95. The van der Waals surface area contributed by atoms with Gasteiger partial charge in [0.05, 0.1) is 4.47 Å². The van der Waals surface area contributed by atoms with Gasteiger partial charge in [0.25, 0.3) is 0 Å². The second kappa shape index (κ2) is 4.93. The number of nitrogens with zero attached hydrogens (tertiary/aromatic N) is 1. The Morgan fingerprint density at radius 1 is 1.12 bits per heavy atom. The third-order valence-corrected chi connectivity index (χ3v) is 2.93. The van der Waals surface area contributed by atoms with E-state index in [0.717, 1.165) is 4.47 Å². The van der Waals surface area contributed by atoms with E-state index < -0.39 is 0 Å². The van der Waals surface area contributed by atoms with Gasteiger partial charge in [-0.25, -0.2) is 9.37 Å². The van der Waals surface area contributed by atoms with Crippen LogP contribution in [-0.4, -0.2) is 4.98 Å². The molecular formula is C11H6Br2FNO. The normalized spacial score (nSPS) is 10.2. The largest absolute Gasteiger partial charge is 0.439 e. The maximum atomic E-state index is 13.2. The zero-order valence-corrected chi connectivity index (χ0v) is 11.1. The lowest BCUT2D eigenvalue weighted by molar-refractivity contribution is 0.457. The number of hydrogen-bond acceptors (Lipinski definition) is 2. The van der Waals surface area contributed by atoms with Gasteiger partial charge in [-0.15, -0.1) is 0 Å². The van der Waals surface area contributed by atoms with Crippen molar-refractivity contribution in [3.05, 3.63) is 51.3 Å². The summed E-state index contributed by atoms with van der Waals surface area (Å²) in [6, 6.07) is 8.05. The average molecular weight is 347 g/mol. The maximum Gasteiger partial charge on any atom is 0.219 e. The van der Waals surface area contributed by atoms with E-state index in [9.17, 15) is 4.39 Å². The molecule has 16 heavy (non-hydrogen) atoms. The lowest BCUT2D eigenvalue weighted by Gasteiger charge is -2.04. The van der Waals surface area contributed by atoms with E-state index in [0.29, 0.717) is 16.1 Å². The highest BCUT2D eigenvalue weighted by atomic mass is 79.9. The molecule has 0 amide bonds. The number of aromatic nitrogens is 1. The second-order valence-electron chi connectivity index (χ2n) is 2.99. The summed E-state index contributed by atoms with van der Waals surface area (Å²) in [5.41, 5.74) is 0. The van der Waals surface area contributed by atoms with Crippen LogP contribution in [0.1, 0.15) is 0 Å². The SMILES string of the molecule is Fc1cc(Oc2ccc(Br)cn2)ccc1Br. The summed E-state index contributed by atoms with van der Waals surface area (Å²) in [5, 5.41) is 0. The van der Waals surface area contributed by atoms with E-state index in [1.54, 1.807) is 30.5 Å². The van der Waals surface area contributed by atoms with Crippen LogP contribution in [0.5, 0.6) is 11.6 Å².